The summed E-state index contributed by atoms with van der Waals surface area (Å²) in [7, 11) is -3.38. The average Bonchev–Trinajstić information content (AvgIpc) is 2.68. The number of hydrogen-bond acceptors (Lipinski definition) is 4. The number of nitriles is 1. The lowest BCUT2D eigenvalue weighted by atomic mass is 9.79. The molecule has 1 N–H and O–H groups in total. The zero-order valence-corrected chi connectivity index (χ0v) is 11.4. The van der Waals surface area contributed by atoms with Crippen LogP contribution in [0, 0.1) is 22.6 Å². The van der Waals surface area contributed by atoms with Gasteiger partial charge in [-0.25, -0.2) is 12.8 Å². The number of benzene rings is 1. The Labute approximate surface area is 115 Å². The zero-order chi connectivity index (χ0) is 14.3. The van der Waals surface area contributed by atoms with Crippen LogP contribution in [-0.2, 0) is 9.84 Å². The van der Waals surface area contributed by atoms with Crippen LogP contribution >= 0.6 is 11.6 Å². The van der Waals surface area contributed by atoms with Crippen LogP contribution in [0.1, 0.15) is 18.1 Å². The molecule has 0 aromatic heterocycles. The summed E-state index contributed by atoms with van der Waals surface area (Å²) >= 11 is 5.73. The predicted octanol–water partition coefficient (Wildman–Crippen LogP) is 1.84. The monoisotopic (exact) mass is 303 g/mol. The van der Waals surface area contributed by atoms with E-state index in [-0.39, 0.29) is 22.8 Å². The van der Waals surface area contributed by atoms with Gasteiger partial charge >= 0.3 is 0 Å². The van der Waals surface area contributed by atoms with Gasteiger partial charge in [0, 0.05) is 10.6 Å². The Balaban J connectivity index is 2.46. The molecule has 102 valence electrons. The molecule has 2 rings (SSSR count). The first-order valence-electron chi connectivity index (χ1n) is 5.54. The van der Waals surface area contributed by atoms with Crippen molar-refractivity contribution in [3.05, 3.63) is 34.6 Å². The maximum Gasteiger partial charge on any atom is 0.152 e. The van der Waals surface area contributed by atoms with E-state index in [1.165, 1.54) is 12.1 Å². The SMILES string of the molecule is N#CC1(C(O)c2cc(Cl)ccc2F)CCS(=O)(=O)C1. The van der Waals surface area contributed by atoms with Gasteiger partial charge in [0.05, 0.1) is 17.6 Å². The molecule has 2 atom stereocenters. The minimum atomic E-state index is -3.38. The van der Waals surface area contributed by atoms with Gasteiger partial charge in [-0.05, 0) is 24.6 Å². The lowest BCUT2D eigenvalue weighted by Crippen LogP contribution is -2.29. The summed E-state index contributed by atoms with van der Waals surface area (Å²) in [4.78, 5) is 0. The largest absolute Gasteiger partial charge is 0.387 e. The molecule has 1 heterocycles. The van der Waals surface area contributed by atoms with E-state index in [9.17, 15) is 23.2 Å². The molecule has 0 spiro atoms. The maximum absolute atomic E-state index is 13.7. The van der Waals surface area contributed by atoms with Crippen LogP contribution < -0.4 is 0 Å². The fourth-order valence-corrected chi connectivity index (χ4v) is 4.41. The van der Waals surface area contributed by atoms with Crippen LogP contribution in [0.25, 0.3) is 0 Å². The van der Waals surface area contributed by atoms with E-state index in [4.69, 9.17) is 11.6 Å². The molecular weight excluding hydrogens is 293 g/mol. The highest BCUT2D eigenvalue weighted by Gasteiger charge is 2.49. The molecule has 0 saturated carbocycles. The van der Waals surface area contributed by atoms with Gasteiger partial charge in [0.25, 0.3) is 0 Å². The van der Waals surface area contributed by atoms with Crippen LogP contribution in [0.2, 0.25) is 5.02 Å². The van der Waals surface area contributed by atoms with Crippen molar-refractivity contribution in [3.63, 3.8) is 0 Å². The number of sulfone groups is 1. The number of aliphatic hydroxyl groups excluding tert-OH is 1. The first kappa shape index (κ1) is 14.3. The molecule has 1 aliphatic rings. The molecule has 0 amide bonds. The zero-order valence-electron chi connectivity index (χ0n) is 9.81. The summed E-state index contributed by atoms with van der Waals surface area (Å²) in [6, 6.07) is 5.45. The molecule has 4 nitrogen and oxygen atoms in total. The van der Waals surface area contributed by atoms with Gasteiger partial charge in [-0.1, -0.05) is 11.6 Å². The lowest BCUT2D eigenvalue weighted by Gasteiger charge is -2.26. The minimum Gasteiger partial charge on any atom is -0.387 e. The molecule has 0 aliphatic carbocycles. The molecular formula is C12H11ClFNO3S. The first-order valence-corrected chi connectivity index (χ1v) is 7.74. The predicted molar refractivity (Wildman–Crippen MR) is 67.7 cm³/mol. The second-order valence-corrected chi connectivity index (χ2v) is 7.30. The summed E-state index contributed by atoms with van der Waals surface area (Å²) in [5, 5.41) is 19.6. The van der Waals surface area contributed by atoms with Crippen molar-refractivity contribution in [1.82, 2.24) is 0 Å². The number of hydrogen-bond donors (Lipinski definition) is 1. The molecule has 2 unspecified atom stereocenters. The van der Waals surface area contributed by atoms with E-state index in [1.54, 1.807) is 0 Å². The van der Waals surface area contributed by atoms with Crippen molar-refractivity contribution in [2.24, 2.45) is 5.41 Å². The van der Waals surface area contributed by atoms with Crippen molar-refractivity contribution >= 4 is 21.4 Å². The number of aliphatic hydroxyl groups is 1. The van der Waals surface area contributed by atoms with E-state index >= 15 is 0 Å². The molecule has 1 aliphatic heterocycles. The van der Waals surface area contributed by atoms with Crippen LogP contribution in [0.15, 0.2) is 18.2 Å². The van der Waals surface area contributed by atoms with Crippen LogP contribution in [0.5, 0.6) is 0 Å². The van der Waals surface area contributed by atoms with Gasteiger partial charge < -0.3 is 5.11 Å². The minimum absolute atomic E-state index is 0.0149. The van der Waals surface area contributed by atoms with Gasteiger partial charge in [-0.3, -0.25) is 0 Å². The Hall–Kier alpha value is -1.16. The number of halogens is 2. The summed E-state index contributed by atoms with van der Waals surface area (Å²) in [5.41, 5.74) is -1.66. The Morgan fingerprint density at radius 2 is 2.21 bits per heavy atom. The van der Waals surface area contributed by atoms with Crippen LogP contribution in [-0.4, -0.2) is 25.0 Å². The molecule has 0 bridgehead atoms. The van der Waals surface area contributed by atoms with Crippen LogP contribution in [0.4, 0.5) is 4.39 Å². The Kier molecular flexibility index (Phi) is 3.56. The van der Waals surface area contributed by atoms with Gasteiger partial charge in [0.15, 0.2) is 9.84 Å². The van der Waals surface area contributed by atoms with Crippen molar-refractivity contribution < 1.29 is 17.9 Å². The Morgan fingerprint density at radius 3 is 2.74 bits per heavy atom. The lowest BCUT2D eigenvalue weighted by molar-refractivity contribution is 0.0759. The topological polar surface area (TPSA) is 78.2 Å². The van der Waals surface area contributed by atoms with Crippen molar-refractivity contribution in [2.45, 2.75) is 12.5 Å². The second-order valence-electron chi connectivity index (χ2n) is 4.68. The van der Waals surface area contributed by atoms with E-state index in [0.717, 1.165) is 6.07 Å². The maximum atomic E-state index is 13.7. The highest BCUT2D eigenvalue weighted by Crippen LogP contribution is 2.43. The normalized spacial score (nSPS) is 26.8. The third-order valence-electron chi connectivity index (χ3n) is 3.34. The Morgan fingerprint density at radius 1 is 1.53 bits per heavy atom. The fourth-order valence-electron chi connectivity index (χ4n) is 2.26. The standard InChI is InChI=1S/C12H11ClFNO3S/c13-8-1-2-10(14)9(5-8)11(16)12(6-15)3-4-19(17,18)7-12/h1-2,5,11,16H,3-4,7H2. The van der Waals surface area contributed by atoms with E-state index in [1.807, 2.05) is 6.07 Å². The molecule has 19 heavy (non-hydrogen) atoms. The van der Waals surface area contributed by atoms with Gasteiger partial charge in [0.2, 0.25) is 0 Å². The van der Waals surface area contributed by atoms with Gasteiger partial charge in [-0.2, -0.15) is 5.26 Å². The fraction of sp³-hybridized carbons (Fsp3) is 0.417. The van der Waals surface area contributed by atoms with Gasteiger partial charge in [-0.15, -0.1) is 0 Å². The average molecular weight is 304 g/mol. The summed E-state index contributed by atoms with van der Waals surface area (Å²) in [6.45, 7) is 0. The Bertz CT molecular complexity index is 655. The van der Waals surface area contributed by atoms with Crippen molar-refractivity contribution in [2.75, 3.05) is 11.5 Å². The van der Waals surface area contributed by atoms with Crippen molar-refractivity contribution in [1.29, 1.82) is 5.26 Å². The third kappa shape index (κ3) is 2.59. The van der Waals surface area contributed by atoms with Crippen molar-refractivity contribution in [3.8, 4) is 6.07 Å². The molecule has 1 aromatic carbocycles. The smallest absolute Gasteiger partial charge is 0.152 e. The summed E-state index contributed by atoms with van der Waals surface area (Å²) in [6.07, 6.45) is -1.53. The van der Waals surface area contributed by atoms with Gasteiger partial charge in [0.1, 0.15) is 17.3 Å². The second kappa shape index (κ2) is 4.75. The van der Waals surface area contributed by atoms with E-state index in [0.29, 0.717) is 0 Å². The summed E-state index contributed by atoms with van der Waals surface area (Å²) < 4.78 is 36.7. The van der Waals surface area contributed by atoms with E-state index < -0.39 is 32.9 Å². The molecule has 1 saturated heterocycles. The highest BCUT2D eigenvalue weighted by atomic mass is 35.5. The third-order valence-corrected chi connectivity index (χ3v) is 5.35. The molecule has 1 aromatic rings. The quantitative estimate of drug-likeness (QED) is 0.904. The highest BCUT2D eigenvalue weighted by molar-refractivity contribution is 7.91. The first-order chi connectivity index (χ1) is 8.80. The number of rotatable bonds is 2. The van der Waals surface area contributed by atoms with Crippen LogP contribution in [0.3, 0.4) is 0 Å². The molecule has 0 radical (unpaired) electrons. The molecule has 1 fully saturated rings. The number of nitrogens with zero attached hydrogens (tertiary/aromatic N) is 1. The van der Waals surface area contributed by atoms with E-state index in [2.05, 4.69) is 0 Å². The summed E-state index contributed by atoms with van der Waals surface area (Å²) in [5.74, 6) is -1.36. The molecule has 7 heteroatoms.